The van der Waals surface area contributed by atoms with Crippen molar-refractivity contribution in [3.63, 3.8) is 0 Å². The third-order valence-electron chi connectivity index (χ3n) is 2.98. The Balaban J connectivity index is 2.78. The van der Waals surface area contributed by atoms with E-state index in [0.29, 0.717) is 6.42 Å². The standard InChI is InChI=1S/C11H19N3O3/c1-3-4-8(5-12)11(17)14-6-9(15)13-10(16)7(14)2/h7-8H,3-6,12H2,1-2H3,(H,13,15,16). The van der Waals surface area contributed by atoms with Crippen LogP contribution >= 0.6 is 0 Å². The first-order valence-electron chi connectivity index (χ1n) is 5.85. The van der Waals surface area contributed by atoms with Gasteiger partial charge in [-0.05, 0) is 13.3 Å². The second-order valence-corrected chi connectivity index (χ2v) is 4.28. The Morgan fingerprint density at radius 3 is 2.76 bits per heavy atom. The topological polar surface area (TPSA) is 92.5 Å². The van der Waals surface area contributed by atoms with Gasteiger partial charge in [-0.25, -0.2) is 0 Å². The zero-order valence-electron chi connectivity index (χ0n) is 10.2. The van der Waals surface area contributed by atoms with Crippen molar-refractivity contribution in [1.82, 2.24) is 10.2 Å². The average Bonchev–Trinajstić information content (AvgIpc) is 2.29. The summed E-state index contributed by atoms with van der Waals surface area (Å²) in [6.07, 6.45) is 1.52. The summed E-state index contributed by atoms with van der Waals surface area (Å²) < 4.78 is 0. The SMILES string of the molecule is CCCC(CN)C(=O)N1CC(=O)NC(=O)C1C. The highest BCUT2D eigenvalue weighted by atomic mass is 16.2. The summed E-state index contributed by atoms with van der Waals surface area (Å²) in [6, 6.07) is -0.605. The number of imide groups is 1. The molecular weight excluding hydrogens is 222 g/mol. The molecule has 2 atom stereocenters. The molecule has 3 amide bonds. The van der Waals surface area contributed by atoms with E-state index in [1.807, 2.05) is 6.92 Å². The summed E-state index contributed by atoms with van der Waals surface area (Å²) >= 11 is 0. The zero-order valence-corrected chi connectivity index (χ0v) is 10.2. The van der Waals surface area contributed by atoms with Gasteiger partial charge in [-0.1, -0.05) is 13.3 Å². The van der Waals surface area contributed by atoms with Gasteiger partial charge in [0.25, 0.3) is 0 Å². The molecule has 1 heterocycles. The summed E-state index contributed by atoms with van der Waals surface area (Å²) in [5, 5.41) is 2.20. The number of nitrogens with two attached hydrogens (primary N) is 1. The van der Waals surface area contributed by atoms with Crippen LogP contribution in [0.15, 0.2) is 0 Å². The van der Waals surface area contributed by atoms with Crippen LogP contribution in [0.1, 0.15) is 26.7 Å². The van der Waals surface area contributed by atoms with E-state index in [2.05, 4.69) is 5.32 Å². The summed E-state index contributed by atoms with van der Waals surface area (Å²) in [5.74, 6) is -1.37. The van der Waals surface area contributed by atoms with E-state index >= 15 is 0 Å². The van der Waals surface area contributed by atoms with Crippen molar-refractivity contribution in [1.29, 1.82) is 0 Å². The average molecular weight is 241 g/mol. The van der Waals surface area contributed by atoms with E-state index < -0.39 is 17.9 Å². The molecule has 1 aliphatic rings. The Morgan fingerprint density at radius 2 is 2.24 bits per heavy atom. The molecule has 3 N–H and O–H groups in total. The van der Waals surface area contributed by atoms with Crippen molar-refractivity contribution < 1.29 is 14.4 Å². The van der Waals surface area contributed by atoms with Crippen LogP contribution in [0.4, 0.5) is 0 Å². The molecule has 0 radical (unpaired) electrons. The molecule has 6 heteroatoms. The van der Waals surface area contributed by atoms with Gasteiger partial charge in [-0.2, -0.15) is 0 Å². The van der Waals surface area contributed by atoms with Crippen LogP contribution < -0.4 is 11.1 Å². The molecular formula is C11H19N3O3. The van der Waals surface area contributed by atoms with E-state index in [9.17, 15) is 14.4 Å². The van der Waals surface area contributed by atoms with Gasteiger partial charge in [-0.3, -0.25) is 19.7 Å². The van der Waals surface area contributed by atoms with E-state index in [1.165, 1.54) is 4.90 Å². The molecule has 96 valence electrons. The lowest BCUT2D eigenvalue weighted by molar-refractivity contribution is -0.151. The first kappa shape index (κ1) is 13.6. The van der Waals surface area contributed by atoms with Crippen LogP contribution in [-0.4, -0.2) is 41.8 Å². The van der Waals surface area contributed by atoms with Crippen LogP contribution in [0.5, 0.6) is 0 Å². The van der Waals surface area contributed by atoms with Crippen LogP contribution in [0.2, 0.25) is 0 Å². The minimum absolute atomic E-state index is 0.0635. The number of hydrogen-bond acceptors (Lipinski definition) is 4. The van der Waals surface area contributed by atoms with Gasteiger partial charge in [-0.15, -0.1) is 0 Å². The quantitative estimate of drug-likeness (QED) is 0.632. The molecule has 1 fully saturated rings. The van der Waals surface area contributed by atoms with E-state index in [1.54, 1.807) is 6.92 Å². The molecule has 1 aliphatic heterocycles. The number of nitrogens with one attached hydrogen (secondary N) is 1. The number of rotatable bonds is 4. The molecule has 0 aromatic heterocycles. The fourth-order valence-electron chi connectivity index (χ4n) is 1.91. The van der Waals surface area contributed by atoms with Crippen molar-refractivity contribution in [2.75, 3.05) is 13.1 Å². The van der Waals surface area contributed by atoms with Gasteiger partial charge in [0.1, 0.15) is 12.6 Å². The van der Waals surface area contributed by atoms with Crippen LogP contribution in [-0.2, 0) is 14.4 Å². The summed E-state index contributed by atoms with van der Waals surface area (Å²) in [7, 11) is 0. The Morgan fingerprint density at radius 1 is 1.59 bits per heavy atom. The maximum atomic E-state index is 12.1. The number of piperazine rings is 1. The summed E-state index contributed by atoms with van der Waals surface area (Å²) in [5.41, 5.74) is 5.55. The Labute approximate surface area is 101 Å². The highest BCUT2D eigenvalue weighted by molar-refractivity contribution is 6.04. The molecule has 17 heavy (non-hydrogen) atoms. The van der Waals surface area contributed by atoms with Crippen molar-refractivity contribution in [2.45, 2.75) is 32.7 Å². The van der Waals surface area contributed by atoms with Crippen molar-refractivity contribution in [3.05, 3.63) is 0 Å². The predicted octanol–water partition coefficient (Wildman–Crippen LogP) is -0.765. The van der Waals surface area contributed by atoms with Crippen LogP contribution in [0, 0.1) is 5.92 Å². The number of hydrogen-bond donors (Lipinski definition) is 2. The maximum absolute atomic E-state index is 12.1. The van der Waals surface area contributed by atoms with E-state index in [0.717, 1.165) is 6.42 Å². The molecule has 0 aromatic carbocycles. The van der Waals surface area contributed by atoms with Crippen molar-refractivity contribution in [2.24, 2.45) is 11.7 Å². The molecule has 0 spiro atoms. The highest BCUT2D eigenvalue weighted by Crippen LogP contribution is 2.14. The van der Waals surface area contributed by atoms with Crippen LogP contribution in [0.3, 0.4) is 0 Å². The molecule has 0 bridgehead atoms. The van der Waals surface area contributed by atoms with Gasteiger partial charge in [0, 0.05) is 6.54 Å². The van der Waals surface area contributed by atoms with Gasteiger partial charge in [0.2, 0.25) is 17.7 Å². The number of amides is 3. The third-order valence-corrected chi connectivity index (χ3v) is 2.98. The molecule has 0 aliphatic carbocycles. The molecule has 1 rings (SSSR count). The summed E-state index contributed by atoms with van der Waals surface area (Å²) in [6.45, 7) is 3.75. The van der Waals surface area contributed by atoms with Gasteiger partial charge in [0.05, 0.1) is 5.92 Å². The molecule has 1 saturated heterocycles. The van der Waals surface area contributed by atoms with Gasteiger partial charge >= 0.3 is 0 Å². The monoisotopic (exact) mass is 241 g/mol. The van der Waals surface area contributed by atoms with Crippen molar-refractivity contribution >= 4 is 17.7 Å². The predicted molar refractivity (Wildman–Crippen MR) is 61.8 cm³/mol. The number of nitrogens with zero attached hydrogens (tertiary/aromatic N) is 1. The van der Waals surface area contributed by atoms with E-state index in [-0.39, 0.29) is 24.9 Å². The first-order chi connectivity index (χ1) is 8.01. The minimum Gasteiger partial charge on any atom is -0.330 e. The Kier molecular flexibility index (Phi) is 4.62. The lowest BCUT2D eigenvalue weighted by Gasteiger charge is -2.34. The lowest BCUT2D eigenvalue weighted by Crippen LogP contribution is -2.60. The van der Waals surface area contributed by atoms with Gasteiger partial charge in [0.15, 0.2) is 0 Å². The number of carbonyl (C=O) groups excluding carboxylic acids is 3. The molecule has 0 aromatic rings. The molecule has 0 saturated carbocycles. The first-order valence-corrected chi connectivity index (χ1v) is 5.85. The zero-order chi connectivity index (χ0) is 13.0. The van der Waals surface area contributed by atoms with Crippen molar-refractivity contribution in [3.8, 4) is 0 Å². The largest absolute Gasteiger partial charge is 0.330 e. The second-order valence-electron chi connectivity index (χ2n) is 4.28. The fraction of sp³-hybridized carbons (Fsp3) is 0.727. The lowest BCUT2D eigenvalue weighted by atomic mass is 10.0. The second kappa shape index (κ2) is 5.77. The van der Waals surface area contributed by atoms with Crippen LogP contribution in [0.25, 0.3) is 0 Å². The Hall–Kier alpha value is -1.43. The summed E-state index contributed by atoms with van der Waals surface area (Å²) in [4.78, 5) is 36.1. The third kappa shape index (κ3) is 3.03. The smallest absolute Gasteiger partial charge is 0.249 e. The fourth-order valence-corrected chi connectivity index (χ4v) is 1.91. The number of carbonyl (C=O) groups is 3. The molecule has 2 unspecified atom stereocenters. The maximum Gasteiger partial charge on any atom is 0.249 e. The van der Waals surface area contributed by atoms with Gasteiger partial charge < -0.3 is 10.6 Å². The Bertz CT molecular complexity index is 330. The minimum atomic E-state index is -0.605. The van der Waals surface area contributed by atoms with E-state index in [4.69, 9.17) is 5.73 Å². The highest BCUT2D eigenvalue weighted by Gasteiger charge is 2.35. The normalized spacial score (nSPS) is 22.3. The molecule has 6 nitrogen and oxygen atoms in total.